The van der Waals surface area contributed by atoms with Crippen LogP contribution in [-0.2, 0) is 4.79 Å². The first-order valence-corrected chi connectivity index (χ1v) is 8.66. The summed E-state index contributed by atoms with van der Waals surface area (Å²) in [5, 5.41) is 7.16. The van der Waals surface area contributed by atoms with Crippen molar-refractivity contribution in [2.45, 2.75) is 32.9 Å². The SMILES string of the molecule is CC(=O)c1ccc(NC(=O)[C@@H](C)N[C@H](C)c2ccc(Cl)cc2Cl)cc1. The quantitative estimate of drug-likeness (QED) is 0.704. The Morgan fingerprint density at radius 2 is 1.64 bits per heavy atom. The van der Waals surface area contributed by atoms with E-state index in [1.165, 1.54) is 6.92 Å². The van der Waals surface area contributed by atoms with E-state index in [1.54, 1.807) is 43.3 Å². The molecular weight excluding hydrogens is 359 g/mol. The van der Waals surface area contributed by atoms with Crippen molar-refractivity contribution in [3.63, 3.8) is 0 Å². The second-order valence-electron chi connectivity index (χ2n) is 5.90. The lowest BCUT2D eigenvalue weighted by atomic mass is 10.1. The van der Waals surface area contributed by atoms with E-state index in [9.17, 15) is 9.59 Å². The highest BCUT2D eigenvalue weighted by Gasteiger charge is 2.18. The maximum atomic E-state index is 12.3. The van der Waals surface area contributed by atoms with Crippen LogP contribution in [0.3, 0.4) is 0 Å². The minimum Gasteiger partial charge on any atom is -0.325 e. The van der Waals surface area contributed by atoms with Crippen molar-refractivity contribution in [3.05, 3.63) is 63.6 Å². The van der Waals surface area contributed by atoms with E-state index < -0.39 is 6.04 Å². The molecular formula is C19H20Cl2N2O2. The third-order valence-electron chi connectivity index (χ3n) is 3.88. The number of ketones is 1. The highest BCUT2D eigenvalue weighted by molar-refractivity contribution is 6.35. The zero-order chi connectivity index (χ0) is 18.6. The van der Waals surface area contributed by atoms with Gasteiger partial charge in [0.25, 0.3) is 0 Å². The molecule has 132 valence electrons. The second-order valence-corrected chi connectivity index (χ2v) is 6.74. The molecule has 0 radical (unpaired) electrons. The Morgan fingerprint density at radius 1 is 1.00 bits per heavy atom. The number of benzene rings is 2. The van der Waals surface area contributed by atoms with Gasteiger partial charge < -0.3 is 5.32 Å². The van der Waals surface area contributed by atoms with Crippen LogP contribution >= 0.6 is 23.2 Å². The van der Waals surface area contributed by atoms with Gasteiger partial charge >= 0.3 is 0 Å². The molecule has 0 fully saturated rings. The number of carbonyl (C=O) groups is 2. The number of hydrogen-bond acceptors (Lipinski definition) is 3. The van der Waals surface area contributed by atoms with Crippen LogP contribution in [-0.4, -0.2) is 17.7 Å². The summed E-state index contributed by atoms with van der Waals surface area (Å²) in [6.07, 6.45) is 0. The van der Waals surface area contributed by atoms with Crippen LogP contribution in [0.5, 0.6) is 0 Å². The molecule has 6 heteroatoms. The Bertz CT molecular complexity index is 775. The third-order valence-corrected chi connectivity index (χ3v) is 4.44. The first kappa shape index (κ1) is 19.4. The summed E-state index contributed by atoms with van der Waals surface area (Å²) in [5.74, 6) is -0.186. The number of carbonyl (C=O) groups excluding carboxylic acids is 2. The maximum absolute atomic E-state index is 12.3. The van der Waals surface area contributed by atoms with Gasteiger partial charge in [-0.25, -0.2) is 0 Å². The third kappa shape index (κ3) is 5.30. The lowest BCUT2D eigenvalue weighted by Gasteiger charge is -2.21. The van der Waals surface area contributed by atoms with Gasteiger partial charge in [0, 0.05) is 27.3 Å². The van der Waals surface area contributed by atoms with Gasteiger partial charge in [-0.1, -0.05) is 29.3 Å². The predicted octanol–water partition coefficient (Wildman–Crippen LogP) is 4.87. The highest BCUT2D eigenvalue weighted by atomic mass is 35.5. The summed E-state index contributed by atoms with van der Waals surface area (Å²) >= 11 is 12.1. The van der Waals surface area contributed by atoms with Gasteiger partial charge in [-0.3, -0.25) is 14.9 Å². The summed E-state index contributed by atoms with van der Waals surface area (Å²) < 4.78 is 0. The monoisotopic (exact) mass is 378 g/mol. The van der Waals surface area contributed by atoms with E-state index in [0.29, 0.717) is 21.3 Å². The van der Waals surface area contributed by atoms with Gasteiger partial charge in [-0.05, 0) is 62.7 Å². The number of anilines is 1. The lowest BCUT2D eigenvalue weighted by molar-refractivity contribution is -0.117. The van der Waals surface area contributed by atoms with Crippen molar-refractivity contribution in [1.82, 2.24) is 5.32 Å². The molecule has 2 N–H and O–H groups in total. The van der Waals surface area contributed by atoms with Gasteiger partial charge in [-0.2, -0.15) is 0 Å². The molecule has 2 aromatic carbocycles. The van der Waals surface area contributed by atoms with E-state index >= 15 is 0 Å². The molecule has 0 heterocycles. The van der Waals surface area contributed by atoms with Crippen LogP contribution in [0.2, 0.25) is 10.0 Å². The summed E-state index contributed by atoms with van der Waals surface area (Å²) in [5.41, 5.74) is 2.12. The smallest absolute Gasteiger partial charge is 0.241 e. The van der Waals surface area contributed by atoms with E-state index in [-0.39, 0.29) is 17.7 Å². The molecule has 0 aliphatic rings. The fourth-order valence-corrected chi connectivity index (χ4v) is 3.00. The molecule has 2 atom stereocenters. The van der Waals surface area contributed by atoms with Crippen molar-refractivity contribution >= 4 is 40.6 Å². The Balaban J connectivity index is 1.98. The lowest BCUT2D eigenvalue weighted by Crippen LogP contribution is -2.39. The Kier molecular flexibility index (Phi) is 6.59. The molecule has 0 saturated carbocycles. The standard InChI is InChI=1S/C19H20Cl2N2O2/c1-11(17-9-6-15(20)10-18(17)21)22-12(2)19(25)23-16-7-4-14(5-8-16)13(3)24/h4-12,22H,1-3H3,(H,23,25)/t11-,12-/m1/s1. The molecule has 0 aromatic heterocycles. The van der Waals surface area contributed by atoms with Crippen molar-refractivity contribution in [2.24, 2.45) is 0 Å². The molecule has 4 nitrogen and oxygen atoms in total. The van der Waals surface area contributed by atoms with E-state index in [2.05, 4.69) is 10.6 Å². The van der Waals surface area contributed by atoms with Crippen LogP contribution < -0.4 is 10.6 Å². The van der Waals surface area contributed by atoms with Crippen LogP contribution in [0, 0.1) is 0 Å². The fourth-order valence-electron chi connectivity index (χ4n) is 2.43. The largest absolute Gasteiger partial charge is 0.325 e. The Hall–Kier alpha value is -1.88. The zero-order valence-corrected chi connectivity index (χ0v) is 15.8. The Labute approximate surface area is 157 Å². The van der Waals surface area contributed by atoms with Crippen molar-refractivity contribution in [2.75, 3.05) is 5.32 Å². The highest BCUT2D eigenvalue weighted by Crippen LogP contribution is 2.26. The number of rotatable bonds is 6. The number of hydrogen-bond donors (Lipinski definition) is 2. The number of nitrogens with one attached hydrogen (secondary N) is 2. The maximum Gasteiger partial charge on any atom is 0.241 e. The van der Waals surface area contributed by atoms with Gasteiger partial charge in [0.15, 0.2) is 5.78 Å². The first-order chi connectivity index (χ1) is 11.8. The van der Waals surface area contributed by atoms with Gasteiger partial charge in [0.2, 0.25) is 5.91 Å². The molecule has 25 heavy (non-hydrogen) atoms. The molecule has 0 unspecified atom stereocenters. The topological polar surface area (TPSA) is 58.2 Å². The Morgan fingerprint density at radius 3 is 2.20 bits per heavy atom. The number of Topliss-reactive ketones (excluding diaryl/α,β-unsaturated/α-hetero) is 1. The molecule has 0 saturated heterocycles. The molecule has 0 aliphatic heterocycles. The summed E-state index contributed by atoms with van der Waals surface area (Å²) in [6, 6.07) is 11.5. The fraction of sp³-hybridized carbons (Fsp3) is 0.263. The molecule has 0 aliphatic carbocycles. The van der Waals surface area contributed by atoms with E-state index in [1.807, 2.05) is 13.0 Å². The first-order valence-electron chi connectivity index (χ1n) is 7.91. The molecule has 2 aromatic rings. The predicted molar refractivity (Wildman–Crippen MR) is 103 cm³/mol. The molecule has 0 bridgehead atoms. The van der Waals surface area contributed by atoms with Crippen LogP contribution in [0.1, 0.15) is 42.7 Å². The van der Waals surface area contributed by atoms with E-state index in [4.69, 9.17) is 23.2 Å². The van der Waals surface area contributed by atoms with E-state index in [0.717, 1.165) is 5.56 Å². The number of amides is 1. The normalized spacial score (nSPS) is 13.2. The van der Waals surface area contributed by atoms with Crippen molar-refractivity contribution < 1.29 is 9.59 Å². The van der Waals surface area contributed by atoms with Crippen LogP contribution in [0.25, 0.3) is 0 Å². The number of halogens is 2. The minimum absolute atomic E-state index is 0.0124. The van der Waals surface area contributed by atoms with Gasteiger partial charge in [-0.15, -0.1) is 0 Å². The summed E-state index contributed by atoms with van der Waals surface area (Å²) in [7, 11) is 0. The molecule has 1 amide bonds. The second kappa shape index (κ2) is 8.48. The van der Waals surface area contributed by atoms with Gasteiger partial charge in [0.05, 0.1) is 6.04 Å². The molecule has 2 rings (SSSR count). The summed E-state index contributed by atoms with van der Waals surface area (Å²) in [6.45, 7) is 5.21. The summed E-state index contributed by atoms with van der Waals surface area (Å²) in [4.78, 5) is 23.6. The van der Waals surface area contributed by atoms with Gasteiger partial charge in [0.1, 0.15) is 0 Å². The zero-order valence-electron chi connectivity index (χ0n) is 14.3. The van der Waals surface area contributed by atoms with Crippen molar-refractivity contribution in [1.29, 1.82) is 0 Å². The molecule has 0 spiro atoms. The van der Waals surface area contributed by atoms with Crippen LogP contribution in [0.15, 0.2) is 42.5 Å². The minimum atomic E-state index is -0.436. The average Bonchev–Trinajstić information content (AvgIpc) is 2.55. The van der Waals surface area contributed by atoms with Crippen molar-refractivity contribution in [3.8, 4) is 0 Å². The van der Waals surface area contributed by atoms with Crippen LogP contribution in [0.4, 0.5) is 5.69 Å². The average molecular weight is 379 g/mol.